The van der Waals surface area contributed by atoms with Gasteiger partial charge in [-0.2, -0.15) is 0 Å². The molecule has 0 spiro atoms. The molecule has 1 heterocycles. The molecule has 0 aromatic heterocycles. The molecule has 1 fully saturated rings. The van der Waals surface area contributed by atoms with Crippen LogP contribution in [0.25, 0.3) is 0 Å². The van der Waals surface area contributed by atoms with Gasteiger partial charge in [0, 0.05) is 18.0 Å². The minimum Gasteiger partial charge on any atom is -0.466 e. The number of hydrogen-bond acceptors (Lipinski definition) is 5. The van der Waals surface area contributed by atoms with Crippen molar-refractivity contribution in [3.63, 3.8) is 0 Å². The second-order valence-electron chi connectivity index (χ2n) is 7.79. The number of rotatable bonds is 5. The number of ether oxygens (including phenoxy) is 2. The van der Waals surface area contributed by atoms with Gasteiger partial charge < -0.3 is 9.47 Å². The van der Waals surface area contributed by atoms with Gasteiger partial charge in [0.1, 0.15) is 23.7 Å². The number of esters is 1. The van der Waals surface area contributed by atoms with Crippen molar-refractivity contribution >= 4 is 33.8 Å². The van der Waals surface area contributed by atoms with Crippen molar-refractivity contribution in [3.8, 4) is 0 Å². The Morgan fingerprint density at radius 1 is 1.24 bits per heavy atom. The van der Waals surface area contributed by atoms with Gasteiger partial charge in [-0.05, 0) is 62.2 Å². The fraction of sp³-hybridized carbons (Fsp3) is 0.550. The predicted molar refractivity (Wildman–Crippen MR) is 104 cm³/mol. The molecule has 2 rings (SSSR count). The average Bonchev–Trinajstić information content (AvgIpc) is 3.02. The zero-order valence-electron chi connectivity index (χ0n) is 16.8. The topological polar surface area (TPSA) is 72.9 Å². The van der Waals surface area contributed by atoms with Crippen LogP contribution in [0.5, 0.6) is 0 Å². The van der Waals surface area contributed by atoms with Gasteiger partial charge >= 0.3 is 12.1 Å². The van der Waals surface area contributed by atoms with Gasteiger partial charge in [-0.15, -0.1) is 0 Å². The van der Waals surface area contributed by atoms with E-state index in [1.807, 2.05) is 0 Å². The normalized spacial score (nSPS) is 19.2. The molecule has 0 bridgehead atoms. The monoisotopic (exact) mass is 475 g/mol. The average molecular weight is 476 g/mol. The summed E-state index contributed by atoms with van der Waals surface area (Å²) in [6.45, 7) is 6.62. The van der Waals surface area contributed by atoms with Crippen molar-refractivity contribution in [2.45, 2.75) is 58.1 Å². The molecule has 1 amide bonds. The molecule has 0 radical (unpaired) electrons. The molecule has 9 heteroatoms. The third-order valence-electron chi connectivity index (χ3n) is 4.41. The summed E-state index contributed by atoms with van der Waals surface area (Å²) in [5.41, 5.74) is -1.03. The molecule has 1 aromatic carbocycles. The zero-order valence-corrected chi connectivity index (χ0v) is 18.3. The Bertz CT molecular complexity index is 809. The molecule has 1 aliphatic rings. The Kier molecular flexibility index (Phi) is 7.37. The Labute approximate surface area is 176 Å². The molecule has 160 valence electrons. The molecule has 0 saturated carbocycles. The largest absolute Gasteiger partial charge is 0.466 e. The van der Waals surface area contributed by atoms with E-state index in [2.05, 4.69) is 15.9 Å². The van der Waals surface area contributed by atoms with E-state index in [1.165, 1.54) is 6.07 Å². The van der Waals surface area contributed by atoms with Crippen LogP contribution in [0.15, 0.2) is 16.6 Å². The number of amides is 1. The number of hydrogen-bond donors (Lipinski definition) is 0. The number of likely N-dealkylation sites (tertiary alicyclic amines) is 1. The quantitative estimate of drug-likeness (QED) is 0.359. The van der Waals surface area contributed by atoms with Crippen LogP contribution in [-0.2, 0) is 19.1 Å². The van der Waals surface area contributed by atoms with Crippen molar-refractivity contribution in [2.24, 2.45) is 0 Å². The Morgan fingerprint density at radius 3 is 2.48 bits per heavy atom. The summed E-state index contributed by atoms with van der Waals surface area (Å²) in [7, 11) is 0. The van der Waals surface area contributed by atoms with Crippen LogP contribution in [0.1, 0.15) is 52.0 Å². The molecular weight excluding hydrogens is 452 g/mol. The third kappa shape index (κ3) is 5.74. The van der Waals surface area contributed by atoms with Crippen molar-refractivity contribution < 1.29 is 32.6 Å². The number of nitrogens with zero attached hydrogens (tertiary/aromatic N) is 1. The van der Waals surface area contributed by atoms with Crippen LogP contribution in [0.3, 0.4) is 0 Å². The van der Waals surface area contributed by atoms with E-state index in [0.717, 1.165) is 11.0 Å². The first kappa shape index (κ1) is 23.3. The highest BCUT2D eigenvalue weighted by atomic mass is 79.9. The van der Waals surface area contributed by atoms with Crippen LogP contribution in [0.2, 0.25) is 0 Å². The SMILES string of the molecule is CCOC(=O)CC(=O)C1C[C@H](c2c(F)ccc(Br)c2F)CN1C(=O)OC(C)(C)C. The van der Waals surface area contributed by atoms with E-state index < -0.39 is 53.5 Å². The van der Waals surface area contributed by atoms with Crippen LogP contribution in [-0.4, -0.2) is 47.5 Å². The van der Waals surface area contributed by atoms with Crippen molar-refractivity contribution in [1.29, 1.82) is 0 Å². The summed E-state index contributed by atoms with van der Waals surface area (Å²) in [6.07, 6.45) is -1.34. The minimum atomic E-state index is -1.04. The van der Waals surface area contributed by atoms with Crippen LogP contribution < -0.4 is 0 Å². The predicted octanol–water partition coefficient (Wildman–Crippen LogP) is 4.34. The summed E-state index contributed by atoms with van der Waals surface area (Å²) in [6, 6.07) is 1.32. The molecule has 2 atom stereocenters. The number of ketones is 1. The van der Waals surface area contributed by atoms with Crippen LogP contribution >= 0.6 is 15.9 Å². The second kappa shape index (κ2) is 9.19. The van der Waals surface area contributed by atoms with Crippen LogP contribution in [0.4, 0.5) is 13.6 Å². The van der Waals surface area contributed by atoms with Crippen LogP contribution in [0, 0.1) is 11.6 Å². The van der Waals surface area contributed by atoms with Gasteiger partial charge in [0.2, 0.25) is 0 Å². The fourth-order valence-electron chi connectivity index (χ4n) is 3.26. The molecule has 1 aliphatic heterocycles. The summed E-state index contributed by atoms with van der Waals surface area (Å²) in [4.78, 5) is 38.2. The highest BCUT2D eigenvalue weighted by Gasteiger charge is 2.43. The Hall–Kier alpha value is -2.03. The maximum Gasteiger partial charge on any atom is 0.410 e. The Morgan fingerprint density at radius 2 is 1.90 bits per heavy atom. The summed E-state index contributed by atoms with van der Waals surface area (Å²) < 4.78 is 39.2. The Balaban J connectivity index is 2.33. The van der Waals surface area contributed by atoms with E-state index in [4.69, 9.17) is 9.47 Å². The van der Waals surface area contributed by atoms with Gasteiger partial charge in [0.15, 0.2) is 5.78 Å². The number of carbonyl (C=O) groups is 3. The summed E-state index contributed by atoms with van der Waals surface area (Å²) in [5.74, 6) is -3.59. The lowest BCUT2D eigenvalue weighted by Crippen LogP contribution is -2.44. The van der Waals surface area contributed by atoms with Gasteiger partial charge in [-0.1, -0.05) is 0 Å². The van der Waals surface area contributed by atoms with Crippen molar-refractivity contribution in [2.75, 3.05) is 13.2 Å². The van der Waals surface area contributed by atoms with E-state index in [0.29, 0.717) is 0 Å². The molecule has 6 nitrogen and oxygen atoms in total. The second-order valence-corrected chi connectivity index (χ2v) is 8.64. The molecule has 29 heavy (non-hydrogen) atoms. The van der Waals surface area contributed by atoms with Gasteiger partial charge in [0.05, 0.1) is 17.1 Å². The van der Waals surface area contributed by atoms with E-state index in [-0.39, 0.29) is 29.6 Å². The zero-order chi connectivity index (χ0) is 21.9. The lowest BCUT2D eigenvalue weighted by molar-refractivity contribution is -0.146. The van der Waals surface area contributed by atoms with E-state index in [9.17, 15) is 23.2 Å². The standard InChI is InChI=1S/C20H24BrF2NO5/c1-5-28-16(26)9-15(25)14-8-11(10-24(14)19(27)29-20(2,3)4)17-13(22)7-6-12(21)18(17)23/h6-7,11,14H,5,8-10H2,1-4H3/t11-,14?/m0/s1. The van der Waals surface area contributed by atoms with Crippen molar-refractivity contribution in [3.05, 3.63) is 33.8 Å². The van der Waals surface area contributed by atoms with E-state index >= 15 is 0 Å². The molecule has 1 saturated heterocycles. The first-order valence-electron chi connectivity index (χ1n) is 9.26. The van der Waals surface area contributed by atoms with Gasteiger partial charge in [0.25, 0.3) is 0 Å². The number of Topliss-reactive ketones (excluding diaryl/α,β-unsaturated/α-hetero) is 1. The molecule has 1 aromatic rings. The highest BCUT2D eigenvalue weighted by Crippen LogP contribution is 2.38. The minimum absolute atomic E-state index is 0.0260. The first-order chi connectivity index (χ1) is 13.4. The van der Waals surface area contributed by atoms with Gasteiger partial charge in [-0.3, -0.25) is 14.5 Å². The number of benzene rings is 1. The highest BCUT2D eigenvalue weighted by molar-refractivity contribution is 9.10. The molecule has 0 N–H and O–H groups in total. The lowest BCUT2D eigenvalue weighted by Gasteiger charge is -2.27. The molecule has 1 unspecified atom stereocenters. The number of carbonyl (C=O) groups excluding carboxylic acids is 3. The molecular formula is C20H24BrF2NO5. The molecule has 0 aliphatic carbocycles. The lowest BCUT2D eigenvalue weighted by atomic mass is 9.93. The summed E-state index contributed by atoms with van der Waals surface area (Å²) in [5, 5.41) is 0. The third-order valence-corrected chi connectivity index (χ3v) is 5.02. The fourth-order valence-corrected chi connectivity index (χ4v) is 3.61. The summed E-state index contributed by atoms with van der Waals surface area (Å²) >= 11 is 3.03. The number of halogens is 3. The maximum absolute atomic E-state index is 14.6. The van der Waals surface area contributed by atoms with Crippen molar-refractivity contribution in [1.82, 2.24) is 4.90 Å². The maximum atomic E-state index is 14.6. The van der Waals surface area contributed by atoms with Gasteiger partial charge in [-0.25, -0.2) is 13.6 Å². The smallest absolute Gasteiger partial charge is 0.410 e. The van der Waals surface area contributed by atoms with E-state index in [1.54, 1.807) is 27.7 Å². The first-order valence-corrected chi connectivity index (χ1v) is 10.0.